The molecule has 2 aromatic rings. The predicted octanol–water partition coefficient (Wildman–Crippen LogP) is 4.82. The number of aromatic nitrogens is 1. The standard InChI is InChI=1S/C20H25BrN4O/c1-6-24(5)17-9-13(4)22-20-19(17)23-18(26)11-25(20)16-8-7-14(12(2)3)10-15(16)21/h7-10,12H,6,11H2,1-5H3,(H,23,26). The summed E-state index contributed by atoms with van der Waals surface area (Å²) in [5, 5.41) is 3.02. The Kier molecular flexibility index (Phi) is 5.23. The van der Waals surface area contributed by atoms with Gasteiger partial charge in [0.1, 0.15) is 12.2 Å². The Bertz CT molecular complexity index is 850. The van der Waals surface area contributed by atoms with Gasteiger partial charge in [-0.1, -0.05) is 19.9 Å². The van der Waals surface area contributed by atoms with Crippen molar-refractivity contribution in [3.63, 3.8) is 0 Å². The summed E-state index contributed by atoms with van der Waals surface area (Å²) in [6, 6.07) is 8.32. The molecular weight excluding hydrogens is 392 g/mol. The first-order valence-electron chi connectivity index (χ1n) is 8.91. The second-order valence-corrected chi connectivity index (χ2v) is 7.85. The number of hydrogen-bond donors (Lipinski definition) is 1. The van der Waals surface area contributed by atoms with Crippen molar-refractivity contribution in [3.8, 4) is 0 Å². The largest absolute Gasteiger partial charge is 0.373 e. The van der Waals surface area contributed by atoms with E-state index < -0.39 is 0 Å². The molecule has 2 heterocycles. The third-order valence-corrected chi connectivity index (χ3v) is 5.38. The highest BCUT2D eigenvalue weighted by Crippen LogP contribution is 2.42. The minimum absolute atomic E-state index is 0.0336. The second kappa shape index (κ2) is 7.27. The molecule has 3 rings (SSSR count). The average Bonchev–Trinajstić information content (AvgIpc) is 2.60. The first-order valence-corrected chi connectivity index (χ1v) is 9.70. The maximum atomic E-state index is 12.4. The van der Waals surface area contributed by atoms with Crippen molar-refractivity contribution in [1.29, 1.82) is 0 Å². The molecule has 26 heavy (non-hydrogen) atoms. The lowest BCUT2D eigenvalue weighted by Gasteiger charge is -2.34. The average molecular weight is 417 g/mol. The van der Waals surface area contributed by atoms with Crippen LogP contribution in [0.1, 0.15) is 37.9 Å². The van der Waals surface area contributed by atoms with Crippen LogP contribution in [0.15, 0.2) is 28.7 Å². The van der Waals surface area contributed by atoms with Crippen LogP contribution in [0, 0.1) is 6.92 Å². The molecule has 0 aliphatic carbocycles. The monoisotopic (exact) mass is 416 g/mol. The van der Waals surface area contributed by atoms with Crippen molar-refractivity contribution in [2.24, 2.45) is 0 Å². The number of fused-ring (bicyclic) bond motifs is 1. The van der Waals surface area contributed by atoms with E-state index in [1.54, 1.807) is 0 Å². The SMILES string of the molecule is CCN(C)c1cc(C)nc2c1NC(=O)CN2c1ccc(C(C)C)cc1Br. The number of hydrogen-bond acceptors (Lipinski definition) is 4. The summed E-state index contributed by atoms with van der Waals surface area (Å²) in [7, 11) is 2.02. The van der Waals surface area contributed by atoms with E-state index in [0.29, 0.717) is 5.92 Å². The van der Waals surface area contributed by atoms with Crippen molar-refractivity contribution in [2.75, 3.05) is 35.3 Å². The van der Waals surface area contributed by atoms with Gasteiger partial charge >= 0.3 is 0 Å². The van der Waals surface area contributed by atoms with Gasteiger partial charge in [0.15, 0.2) is 5.82 Å². The topological polar surface area (TPSA) is 48.5 Å². The van der Waals surface area contributed by atoms with Crippen LogP contribution in [0.25, 0.3) is 0 Å². The van der Waals surface area contributed by atoms with E-state index >= 15 is 0 Å². The molecule has 1 aliphatic heterocycles. The molecule has 1 aromatic carbocycles. The van der Waals surface area contributed by atoms with E-state index in [-0.39, 0.29) is 12.5 Å². The fraction of sp³-hybridized carbons (Fsp3) is 0.400. The highest BCUT2D eigenvalue weighted by atomic mass is 79.9. The molecule has 5 nitrogen and oxygen atoms in total. The summed E-state index contributed by atoms with van der Waals surface area (Å²) >= 11 is 3.69. The summed E-state index contributed by atoms with van der Waals surface area (Å²) in [6.07, 6.45) is 0. The van der Waals surface area contributed by atoms with Gasteiger partial charge in [0.2, 0.25) is 5.91 Å². The number of carbonyl (C=O) groups is 1. The third kappa shape index (κ3) is 3.43. The van der Waals surface area contributed by atoms with Crippen LogP contribution < -0.4 is 15.1 Å². The molecule has 1 amide bonds. The molecule has 138 valence electrons. The van der Waals surface area contributed by atoms with Gasteiger partial charge in [0.25, 0.3) is 0 Å². The van der Waals surface area contributed by atoms with Crippen LogP contribution in [0.5, 0.6) is 0 Å². The molecular formula is C20H25BrN4O. The molecule has 0 radical (unpaired) electrons. The highest BCUT2D eigenvalue weighted by Gasteiger charge is 2.29. The van der Waals surface area contributed by atoms with Gasteiger partial charge in [-0.3, -0.25) is 4.79 Å². The van der Waals surface area contributed by atoms with E-state index in [9.17, 15) is 4.79 Å². The van der Waals surface area contributed by atoms with Gasteiger partial charge in [-0.2, -0.15) is 0 Å². The maximum Gasteiger partial charge on any atom is 0.244 e. The smallest absolute Gasteiger partial charge is 0.244 e. The van der Waals surface area contributed by atoms with Crippen molar-refractivity contribution in [3.05, 3.63) is 40.0 Å². The third-order valence-electron chi connectivity index (χ3n) is 4.74. The number of nitrogens with one attached hydrogen (secondary N) is 1. The molecule has 1 aliphatic rings. The van der Waals surface area contributed by atoms with Gasteiger partial charge < -0.3 is 15.1 Å². The van der Waals surface area contributed by atoms with Gasteiger partial charge in [-0.25, -0.2) is 4.98 Å². The Labute approximate surface area is 163 Å². The van der Waals surface area contributed by atoms with E-state index in [0.717, 1.165) is 39.6 Å². The number of halogens is 1. The maximum absolute atomic E-state index is 12.4. The summed E-state index contributed by atoms with van der Waals surface area (Å²) in [5.41, 5.74) is 4.90. The number of rotatable bonds is 4. The molecule has 1 N–H and O–H groups in total. The number of aryl methyl sites for hydroxylation is 1. The summed E-state index contributed by atoms with van der Waals surface area (Å²) in [5.74, 6) is 1.20. The van der Waals surface area contributed by atoms with Crippen LogP contribution in [0.3, 0.4) is 0 Å². The molecule has 0 fully saturated rings. The molecule has 0 unspecified atom stereocenters. The number of pyridine rings is 1. The van der Waals surface area contributed by atoms with E-state index in [1.807, 2.05) is 24.9 Å². The van der Waals surface area contributed by atoms with Gasteiger partial charge in [0, 0.05) is 23.8 Å². The van der Waals surface area contributed by atoms with Crippen LogP contribution in [0.2, 0.25) is 0 Å². The Hall–Kier alpha value is -2.08. The van der Waals surface area contributed by atoms with Gasteiger partial charge in [-0.05, 0) is 59.5 Å². The first-order chi connectivity index (χ1) is 12.3. The summed E-state index contributed by atoms with van der Waals surface area (Å²) in [6.45, 7) is 9.51. The zero-order valence-electron chi connectivity index (χ0n) is 15.9. The van der Waals surface area contributed by atoms with Crippen LogP contribution in [0.4, 0.5) is 22.9 Å². The van der Waals surface area contributed by atoms with Crippen LogP contribution in [-0.4, -0.2) is 31.0 Å². The number of nitrogens with zero attached hydrogens (tertiary/aromatic N) is 3. The van der Waals surface area contributed by atoms with Crippen LogP contribution >= 0.6 is 15.9 Å². The Balaban J connectivity index is 2.15. The zero-order chi connectivity index (χ0) is 19.0. The lowest BCUT2D eigenvalue weighted by atomic mass is 10.0. The zero-order valence-corrected chi connectivity index (χ0v) is 17.5. The molecule has 6 heteroatoms. The van der Waals surface area contributed by atoms with Crippen molar-refractivity contribution >= 4 is 44.7 Å². The predicted molar refractivity (Wildman–Crippen MR) is 112 cm³/mol. The molecule has 1 aromatic heterocycles. The molecule has 0 saturated carbocycles. The number of amides is 1. The van der Waals surface area contributed by atoms with Gasteiger partial charge in [-0.15, -0.1) is 0 Å². The Morgan fingerprint density at radius 3 is 2.69 bits per heavy atom. The van der Waals surface area contributed by atoms with E-state index in [1.165, 1.54) is 5.56 Å². The van der Waals surface area contributed by atoms with Crippen molar-refractivity contribution < 1.29 is 4.79 Å². The minimum atomic E-state index is -0.0336. The van der Waals surface area contributed by atoms with Crippen LogP contribution in [-0.2, 0) is 4.79 Å². The lowest BCUT2D eigenvalue weighted by molar-refractivity contribution is -0.115. The minimum Gasteiger partial charge on any atom is -0.373 e. The number of carbonyl (C=O) groups excluding carboxylic acids is 1. The molecule has 0 bridgehead atoms. The summed E-state index contributed by atoms with van der Waals surface area (Å²) in [4.78, 5) is 21.3. The fourth-order valence-electron chi connectivity index (χ4n) is 3.12. The normalized spacial score (nSPS) is 13.7. The quantitative estimate of drug-likeness (QED) is 0.775. The second-order valence-electron chi connectivity index (χ2n) is 7.00. The Morgan fingerprint density at radius 1 is 1.35 bits per heavy atom. The van der Waals surface area contributed by atoms with Crippen molar-refractivity contribution in [2.45, 2.75) is 33.6 Å². The number of anilines is 4. The fourth-order valence-corrected chi connectivity index (χ4v) is 3.73. The number of benzene rings is 1. The molecule has 0 spiro atoms. The molecule has 0 saturated heterocycles. The lowest BCUT2D eigenvalue weighted by Crippen LogP contribution is -2.37. The highest BCUT2D eigenvalue weighted by molar-refractivity contribution is 9.10. The molecule has 0 atom stereocenters. The van der Waals surface area contributed by atoms with Crippen molar-refractivity contribution in [1.82, 2.24) is 4.98 Å². The first kappa shape index (κ1) is 18.7. The van der Waals surface area contributed by atoms with Gasteiger partial charge in [0.05, 0.1) is 11.4 Å². The summed E-state index contributed by atoms with van der Waals surface area (Å²) < 4.78 is 0.970. The van der Waals surface area contributed by atoms with E-state index in [2.05, 4.69) is 65.1 Å². The van der Waals surface area contributed by atoms with E-state index in [4.69, 9.17) is 4.98 Å². The Morgan fingerprint density at radius 2 is 2.08 bits per heavy atom.